The second-order valence-corrected chi connectivity index (χ2v) is 10.7. The van der Waals surface area contributed by atoms with Gasteiger partial charge in [0.25, 0.3) is 0 Å². The molecule has 1 fully saturated rings. The van der Waals surface area contributed by atoms with Gasteiger partial charge in [-0.1, -0.05) is 50.3 Å². The van der Waals surface area contributed by atoms with Gasteiger partial charge >= 0.3 is 18.0 Å². The van der Waals surface area contributed by atoms with Gasteiger partial charge in [-0.25, -0.2) is 15.1 Å². The summed E-state index contributed by atoms with van der Waals surface area (Å²) in [6.07, 6.45) is 2.89. The van der Waals surface area contributed by atoms with Crippen molar-refractivity contribution in [3.63, 3.8) is 0 Å². The molecule has 0 aliphatic carbocycles. The van der Waals surface area contributed by atoms with E-state index < -0.39 is 54.4 Å². The average molecular weight is 605 g/mol. The normalized spacial score (nSPS) is 17.0. The van der Waals surface area contributed by atoms with Crippen molar-refractivity contribution >= 4 is 29.8 Å². The molecular formula is C30H44N4O9. The molecule has 0 spiro atoms. The van der Waals surface area contributed by atoms with Gasteiger partial charge in [-0.2, -0.15) is 0 Å². The molecule has 0 saturated carbocycles. The van der Waals surface area contributed by atoms with Crippen LogP contribution in [0.25, 0.3) is 0 Å². The van der Waals surface area contributed by atoms with E-state index in [-0.39, 0.29) is 37.9 Å². The number of alkyl carbamates (subject to hydrolysis) is 1. The van der Waals surface area contributed by atoms with Gasteiger partial charge in [0.2, 0.25) is 11.8 Å². The molecule has 1 heterocycles. The molecule has 5 N–H and O–H groups in total. The molecular weight excluding hydrogens is 560 g/mol. The zero-order valence-electron chi connectivity index (χ0n) is 25.0. The van der Waals surface area contributed by atoms with Crippen LogP contribution in [0.4, 0.5) is 4.79 Å². The lowest BCUT2D eigenvalue weighted by Gasteiger charge is -2.28. The molecule has 0 aromatic heterocycles. The fourth-order valence-electron chi connectivity index (χ4n) is 4.41. The number of ether oxygens (including phenoxy) is 2. The van der Waals surface area contributed by atoms with Crippen molar-refractivity contribution in [2.45, 2.75) is 77.6 Å². The molecule has 3 amide bonds. The fraction of sp³-hybridized carbons (Fsp3) is 0.567. The van der Waals surface area contributed by atoms with Crippen molar-refractivity contribution in [3.8, 4) is 0 Å². The van der Waals surface area contributed by atoms with Crippen LogP contribution in [-0.2, 0) is 40.1 Å². The van der Waals surface area contributed by atoms with Gasteiger partial charge in [0.15, 0.2) is 0 Å². The standard InChI is InChI=1S/C30H44N4O9/c1-4-41-27(37)13-10-23(17-22-14-15-31-43-19-22)32-29(39)25(16-20(2)3)33-28(38)24(11-12-26(35)36)34-30(40)42-18-21-8-6-5-7-9-21/h5-10,13,20,22-25,31H,4,11-12,14-19H2,1-3H3,(H,32,39)(H,33,38)(H,34,40)(H,35,36)/b13-10+/t22-,23+,24-,25-/m0/s1. The highest BCUT2D eigenvalue weighted by Crippen LogP contribution is 2.16. The van der Waals surface area contributed by atoms with Crippen molar-refractivity contribution < 1.29 is 43.4 Å². The van der Waals surface area contributed by atoms with Crippen LogP contribution in [0.15, 0.2) is 42.5 Å². The minimum absolute atomic E-state index is 0.00339. The highest BCUT2D eigenvalue weighted by Gasteiger charge is 2.30. The number of carboxylic acid groups (broad SMARTS) is 1. The number of aliphatic carboxylic acids is 1. The maximum absolute atomic E-state index is 13.5. The van der Waals surface area contributed by atoms with E-state index in [9.17, 15) is 29.1 Å². The lowest BCUT2D eigenvalue weighted by molar-refractivity contribution is -0.138. The number of carbonyl (C=O) groups is 5. The lowest BCUT2D eigenvalue weighted by atomic mass is 9.95. The summed E-state index contributed by atoms with van der Waals surface area (Å²) in [4.78, 5) is 67.8. The van der Waals surface area contributed by atoms with Crippen molar-refractivity contribution in [1.82, 2.24) is 21.4 Å². The third kappa shape index (κ3) is 14.7. The minimum Gasteiger partial charge on any atom is -0.481 e. The first-order valence-electron chi connectivity index (χ1n) is 14.6. The third-order valence-electron chi connectivity index (χ3n) is 6.55. The molecule has 13 nitrogen and oxygen atoms in total. The predicted octanol–water partition coefficient (Wildman–Crippen LogP) is 2.21. The topological polar surface area (TPSA) is 181 Å². The van der Waals surface area contributed by atoms with Gasteiger partial charge in [-0.05, 0) is 50.0 Å². The number of carbonyl (C=O) groups excluding carboxylic acids is 4. The molecule has 1 saturated heterocycles. The Labute approximate surface area is 252 Å². The molecule has 2 rings (SSSR count). The Morgan fingerprint density at radius 2 is 1.77 bits per heavy atom. The summed E-state index contributed by atoms with van der Waals surface area (Å²) in [5.74, 6) is -2.77. The Morgan fingerprint density at radius 1 is 1.05 bits per heavy atom. The number of rotatable bonds is 17. The molecule has 238 valence electrons. The number of hydroxylamine groups is 1. The van der Waals surface area contributed by atoms with Crippen molar-refractivity contribution in [1.29, 1.82) is 0 Å². The number of nitrogens with one attached hydrogen (secondary N) is 4. The van der Waals surface area contributed by atoms with Crippen LogP contribution < -0.4 is 21.4 Å². The summed E-state index contributed by atoms with van der Waals surface area (Å²) in [7, 11) is 0. The summed E-state index contributed by atoms with van der Waals surface area (Å²) in [6.45, 7) is 6.72. The van der Waals surface area contributed by atoms with Crippen LogP contribution in [0.2, 0.25) is 0 Å². The van der Waals surface area contributed by atoms with Crippen LogP contribution in [0.1, 0.15) is 58.4 Å². The molecule has 4 atom stereocenters. The van der Waals surface area contributed by atoms with E-state index >= 15 is 0 Å². The van der Waals surface area contributed by atoms with Gasteiger partial charge < -0.3 is 35.4 Å². The van der Waals surface area contributed by atoms with E-state index in [2.05, 4.69) is 21.4 Å². The smallest absolute Gasteiger partial charge is 0.408 e. The fourth-order valence-corrected chi connectivity index (χ4v) is 4.41. The van der Waals surface area contributed by atoms with Crippen LogP contribution in [-0.4, -0.2) is 72.8 Å². The number of hydrogen-bond acceptors (Lipinski definition) is 9. The van der Waals surface area contributed by atoms with Crippen LogP contribution >= 0.6 is 0 Å². The Kier molecular flexibility index (Phi) is 15.8. The Hall–Kier alpha value is -3.97. The zero-order chi connectivity index (χ0) is 31.6. The predicted molar refractivity (Wildman–Crippen MR) is 156 cm³/mol. The number of esters is 1. The Bertz CT molecular complexity index is 1070. The van der Waals surface area contributed by atoms with Crippen LogP contribution in [0.3, 0.4) is 0 Å². The lowest BCUT2D eigenvalue weighted by Crippen LogP contribution is -2.55. The molecule has 1 aliphatic heterocycles. The maximum Gasteiger partial charge on any atom is 0.408 e. The van der Waals surface area contributed by atoms with Gasteiger partial charge in [-0.15, -0.1) is 0 Å². The molecule has 0 unspecified atom stereocenters. The zero-order valence-corrected chi connectivity index (χ0v) is 25.0. The highest BCUT2D eigenvalue weighted by molar-refractivity contribution is 5.91. The van der Waals surface area contributed by atoms with Gasteiger partial charge in [0.1, 0.15) is 18.7 Å². The largest absolute Gasteiger partial charge is 0.481 e. The molecule has 1 aromatic rings. The summed E-state index contributed by atoms with van der Waals surface area (Å²) in [5, 5.41) is 17.2. The molecule has 1 aromatic carbocycles. The maximum atomic E-state index is 13.5. The first-order chi connectivity index (χ1) is 20.6. The molecule has 0 radical (unpaired) electrons. The summed E-state index contributed by atoms with van der Waals surface area (Å²) in [5.41, 5.74) is 3.55. The number of carboxylic acids is 1. The van der Waals surface area contributed by atoms with Crippen LogP contribution in [0.5, 0.6) is 0 Å². The Balaban J connectivity index is 2.13. The van der Waals surface area contributed by atoms with Crippen molar-refractivity contribution in [2.24, 2.45) is 11.8 Å². The van der Waals surface area contributed by atoms with Crippen molar-refractivity contribution in [3.05, 3.63) is 48.0 Å². The van der Waals surface area contributed by atoms with E-state index in [0.29, 0.717) is 19.6 Å². The second kappa shape index (κ2) is 19.3. The second-order valence-electron chi connectivity index (χ2n) is 10.7. The highest BCUT2D eigenvalue weighted by atomic mass is 16.6. The number of hydrogen-bond donors (Lipinski definition) is 5. The summed E-state index contributed by atoms with van der Waals surface area (Å²) < 4.78 is 10.2. The van der Waals surface area contributed by atoms with E-state index in [1.54, 1.807) is 37.3 Å². The van der Waals surface area contributed by atoms with E-state index in [4.69, 9.17) is 14.3 Å². The number of amides is 3. The molecule has 0 bridgehead atoms. The van der Waals surface area contributed by atoms with E-state index in [1.807, 2.05) is 19.9 Å². The quantitative estimate of drug-likeness (QED) is 0.131. The van der Waals surface area contributed by atoms with E-state index in [0.717, 1.165) is 12.0 Å². The number of benzene rings is 1. The molecule has 13 heteroatoms. The van der Waals surface area contributed by atoms with Crippen LogP contribution in [0, 0.1) is 11.8 Å². The Morgan fingerprint density at radius 3 is 2.40 bits per heavy atom. The van der Waals surface area contributed by atoms with Gasteiger partial charge in [0.05, 0.1) is 13.2 Å². The monoisotopic (exact) mass is 604 g/mol. The average Bonchev–Trinajstić information content (AvgIpc) is 2.97. The minimum atomic E-state index is -1.26. The first kappa shape index (κ1) is 35.2. The molecule has 1 aliphatic rings. The third-order valence-corrected chi connectivity index (χ3v) is 6.55. The van der Waals surface area contributed by atoms with Gasteiger partial charge in [-0.3, -0.25) is 14.4 Å². The van der Waals surface area contributed by atoms with Gasteiger partial charge in [0, 0.05) is 25.1 Å². The first-order valence-corrected chi connectivity index (χ1v) is 14.6. The SMILES string of the molecule is CCOC(=O)/C=C/[C@H](C[C@@H]1CCNOC1)NC(=O)[C@H](CC(C)C)NC(=O)[C@H](CCC(=O)O)NC(=O)OCc1ccccc1. The van der Waals surface area contributed by atoms with E-state index in [1.165, 1.54) is 6.08 Å². The van der Waals surface area contributed by atoms with Crippen molar-refractivity contribution in [2.75, 3.05) is 19.8 Å². The summed E-state index contributed by atoms with van der Waals surface area (Å²) >= 11 is 0. The summed E-state index contributed by atoms with van der Waals surface area (Å²) in [6, 6.07) is 6.13. The molecule has 43 heavy (non-hydrogen) atoms.